The maximum Gasteiger partial charge on any atom is 0.125 e. The fraction of sp³-hybridized carbons (Fsp3) is 0.538. The Kier molecular flexibility index (Phi) is 3.24. The van der Waals surface area contributed by atoms with E-state index in [0.717, 1.165) is 18.8 Å². The van der Waals surface area contributed by atoms with Gasteiger partial charge in [-0.25, -0.2) is 4.39 Å². The van der Waals surface area contributed by atoms with Crippen molar-refractivity contribution in [1.82, 2.24) is 4.90 Å². The van der Waals surface area contributed by atoms with E-state index < -0.39 is 0 Å². The molecule has 2 N–H and O–H groups in total. The molecule has 1 aliphatic rings. The minimum atomic E-state index is -0.227. The minimum Gasteiger partial charge on any atom is -0.397 e. The molecular weight excluding hydrogens is 217 g/mol. The van der Waals surface area contributed by atoms with Crippen molar-refractivity contribution in [3.8, 4) is 0 Å². The average Bonchev–Trinajstić information content (AvgIpc) is 2.64. The van der Waals surface area contributed by atoms with E-state index in [-0.39, 0.29) is 5.82 Å². The van der Waals surface area contributed by atoms with E-state index in [1.807, 2.05) is 0 Å². The van der Waals surface area contributed by atoms with Crippen LogP contribution in [0.3, 0.4) is 0 Å². The van der Waals surface area contributed by atoms with Gasteiger partial charge in [-0.3, -0.25) is 0 Å². The summed E-state index contributed by atoms with van der Waals surface area (Å²) in [6.45, 7) is 4.05. The van der Waals surface area contributed by atoms with E-state index >= 15 is 0 Å². The second kappa shape index (κ2) is 4.53. The zero-order valence-electron chi connectivity index (χ0n) is 10.7. The first-order chi connectivity index (χ1) is 7.99. The monoisotopic (exact) mass is 237 g/mol. The lowest BCUT2D eigenvalue weighted by atomic mass is 10.1. The molecule has 0 radical (unpaired) electrons. The fourth-order valence-corrected chi connectivity index (χ4v) is 2.61. The summed E-state index contributed by atoms with van der Waals surface area (Å²) in [6, 6.07) is 5.07. The summed E-state index contributed by atoms with van der Waals surface area (Å²) >= 11 is 0. The van der Waals surface area contributed by atoms with Crippen molar-refractivity contribution in [2.24, 2.45) is 5.92 Å². The van der Waals surface area contributed by atoms with Crippen molar-refractivity contribution in [2.75, 3.05) is 37.8 Å². The molecule has 0 saturated carbocycles. The molecule has 0 aromatic heterocycles. The number of likely N-dealkylation sites (N-methyl/N-ethyl adjacent to an activating group) is 1. The number of benzene rings is 1. The van der Waals surface area contributed by atoms with Crippen molar-refractivity contribution in [3.63, 3.8) is 0 Å². The van der Waals surface area contributed by atoms with E-state index in [1.165, 1.54) is 12.1 Å². The van der Waals surface area contributed by atoms with Gasteiger partial charge in [-0.2, -0.15) is 0 Å². The summed E-state index contributed by atoms with van der Waals surface area (Å²) in [5.74, 6) is 0.336. The van der Waals surface area contributed by atoms with Crippen LogP contribution in [0.5, 0.6) is 0 Å². The molecule has 0 bridgehead atoms. The summed E-state index contributed by atoms with van der Waals surface area (Å²) < 4.78 is 13.3. The average molecular weight is 237 g/mol. The van der Waals surface area contributed by atoms with Gasteiger partial charge in [0, 0.05) is 19.1 Å². The number of hydrogen-bond donors (Lipinski definition) is 1. The standard InChI is InChI=1S/C13H20FN3/c1-9-7-17(8-13(9)16(2)3)12-6-10(14)4-5-11(12)15/h4-6,9,13H,7-8,15H2,1-3H3. The molecule has 0 aliphatic carbocycles. The lowest BCUT2D eigenvalue weighted by Crippen LogP contribution is -2.34. The van der Waals surface area contributed by atoms with Gasteiger partial charge in [-0.15, -0.1) is 0 Å². The molecule has 94 valence electrons. The van der Waals surface area contributed by atoms with Crippen LogP contribution in [-0.2, 0) is 0 Å². The first kappa shape index (κ1) is 12.2. The molecule has 0 amide bonds. The van der Waals surface area contributed by atoms with Crippen LogP contribution in [0, 0.1) is 11.7 Å². The van der Waals surface area contributed by atoms with Crippen molar-refractivity contribution in [1.29, 1.82) is 0 Å². The molecule has 2 atom stereocenters. The lowest BCUT2D eigenvalue weighted by molar-refractivity contribution is 0.266. The van der Waals surface area contributed by atoms with E-state index in [4.69, 9.17) is 5.73 Å². The van der Waals surface area contributed by atoms with Crippen molar-refractivity contribution in [2.45, 2.75) is 13.0 Å². The first-order valence-corrected chi connectivity index (χ1v) is 5.95. The molecule has 1 aliphatic heterocycles. The van der Waals surface area contributed by atoms with E-state index in [9.17, 15) is 4.39 Å². The van der Waals surface area contributed by atoms with Gasteiger partial charge in [0.1, 0.15) is 5.82 Å². The van der Waals surface area contributed by atoms with Crippen molar-refractivity contribution < 1.29 is 4.39 Å². The molecule has 1 saturated heterocycles. The summed E-state index contributed by atoms with van der Waals surface area (Å²) in [7, 11) is 4.17. The molecule has 2 unspecified atom stereocenters. The largest absolute Gasteiger partial charge is 0.397 e. The van der Waals surface area contributed by atoms with Crippen LogP contribution in [0.1, 0.15) is 6.92 Å². The first-order valence-electron chi connectivity index (χ1n) is 5.95. The predicted molar refractivity (Wildman–Crippen MR) is 69.7 cm³/mol. The van der Waals surface area contributed by atoms with Crippen LogP contribution >= 0.6 is 0 Å². The van der Waals surface area contributed by atoms with Crippen LogP contribution < -0.4 is 10.6 Å². The Labute approximate surface area is 102 Å². The molecule has 1 heterocycles. The van der Waals surface area contributed by atoms with Gasteiger partial charge < -0.3 is 15.5 Å². The van der Waals surface area contributed by atoms with Crippen LogP contribution in [0.15, 0.2) is 18.2 Å². The zero-order valence-corrected chi connectivity index (χ0v) is 10.7. The van der Waals surface area contributed by atoms with Crippen LogP contribution in [0.2, 0.25) is 0 Å². The predicted octanol–water partition coefficient (Wildman–Crippen LogP) is 1.79. The maximum absolute atomic E-state index is 13.3. The van der Waals surface area contributed by atoms with Gasteiger partial charge in [0.05, 0.1) is 11.4 Å². The third-order valence-corrected chi connectivity index (χ3v) is 3.57. The molecule has 1 aromatic rings. The van der Waals surface area contributed by atoms with Crippen LogP contribution in [0.25, 0.3) is 0 Å². The molecule has 1 aromatic carbocycles. The van der Waals surface area contributed by atoms with Gasteiger partial charge in [-0.05, 0) is 38.2 Å². The van der Waals surface area contributed by atoms with Gasteiger partial charge in [-0.1, -0.05) is 6.92 Å². The van der Waals surface area contributed by atoms with Crippen molar-refractivity contribution >= 4 is 11.4 Å². The summed E-state index contributed by atoms with van der Waals surface area (Å²) in [4.78, 5) is 4.40. The van der Waals surface area contributed by atoms with E-state index in [0.29, 0.717) is 17.6 Å². The molecule has 0 spiro atoms. The maximum atomic E-state index is 13.3. The Hall–Kier alpha value is -1.29. The van der Waals surface area contributed by atoms with Gasteiger partial charge in [0.2, 0.25) is 0 Å². The Bertz CT molecular complexity index is 406. The van der Waals surface area contributed by atoms with E-state index in [1.54, 1.807) is 6.07 Å². The Balaban J connectivity index is 2.22. The third-order valence-electron chi connectivity index (χ3n) is 3.57. The number of nitrogen functional groups attached to an aromatic ring is 1. The number of anilines is 2. The number of nitrogens with zero attached hydrogens (tertiary/aromatic N) is 2. The van der Waals surface area contributed by atoms with Crippen LogP contribution in [0.4, 0.5) is 15.8 Å². The smallest absolute Gasteiger partial charge is 0.125 e. The SMILES string of the molecule is CC1CN(c2cc(F)ccc2N)CC1N(C)C. The minimum absolute atomic E-state index is 0.227. The number of nitrogens with two attached hydrogens (primary N) is 1. The molecule has 2 rings (SSSR count). The quantitative estimate of drug-likeness (QED) is 0.796. The molecule has 3 nitrogen and oxygen atoms in total. The second-order valence-corrected chi connectivity index (χ2v) is 5.12. The molecule has 17 heavy (non-hydrogen) atoms. The highest BCUT2D eigenvalue weighted by Crippen LogP contribution is 2.30. The Morgan fingerprint density at radius 1 is 1.35 bits per heavy atom. The number of rotatable bonds is 2. The van der Waals surface area contributed by atoms with Gasteiger partial charge in [0.15, 0.2) is 0 Å². The highest BCUT2D eigenvalue weighted by molar-refractivity contribution is 5.68. The second-order valence-electron chi connectivity index (χ2n) is 5.12. The molecule has 4 heteroatoms. The Morgan fingerprint density at radius 2 is 2.06 bits per heavy atom. The summed E-state index contributed by atoms with van der Waals surface area (Å²) in [6.07, 6.45) is 0. The highest BCUT2D eigenvalue weighted by atomic mass is 19.1. The number of halogens is 1. The highest BCUT2D eigenvalue weighted by Gasteiger charge is 2.31. The summed E-state index contributed by atoms with van der Waals surface area (Å²) in [5.41, 5.74) is 7.39. The molecule has 1 fully saturated rings. The lowest BCUT2D eigenvalue weighted by Gasteiger charge is -2.23. The van der Waals surface area contributed by atoms with Crippen molar-refractivity contribution in [3.05, 3.63) is 24.0 Å². The zero-order chi connectivity index (χ0) is 12.6. The third kappa shape index (κ3) is 2.36. The Morgan fingerprint density at radius 3 is 2.65 bits per heavy atom. The normalized spacial score (nSPS) is 24.6. The molecular formula is C13H20FN3. The summed E-state index contributed by atoms with van der Waals surface area (Å²) in [5, 5.41) is 0. The fourth-order valence-electron chi connectivity index (χ4n) is 2.61. The van der Waals surface area contributed by atoms with E-state index in [2.05, 4.69) is 30.8 Å². The van der Waals surface area contributed by atoms with Gasteiger partial charge in [0.25, 0.3) is 0 Å². The van der Waals surface area contributed by atoms with Crippen LogP contribution in [-0.4, -0.2) is 38.1 Å². The number of hydrogen-bond acceptors (Lipinski definition) is 3. The van der Waals surface area contributed by atoms with Gasteiger partial charge >= 0.3 is 0 Å². The topological polar surface area (TPSA) is 32.5 Å².